The minimum Gasteiger partial charge on any atom is -0.456 e. The molecule has 0 saturated heterocycles. The van der Waals surface area contributed by atoms with Crippen LogP contribution in [0.5, 0.6) is 11.5 Å². The number of furan rings is 1. The van der Waals surface area contributed by atoms with Crippen molar-refractivity contribution in [2.75, 3.05) is 4.90 Å². The van der Waals surface area contributed by atoms with Gasteiger partial charge in [-0.2, -0.15) is 0 Å². The Labute approximate surface area is 294 Å². The Balaban J connectivity index is 1.09. The van der Waals surface area contributed by atoms with Gasteiger partial charge in [-0.05, 0) is 71.8 Å². The van der Waals surface area contributed by atoms with E-state index in [1.54, 1.807) is 0 Å². The number of anilines is 3. The number of hydrogen-bond donors (Lipinski definition) is 0. The quantitative estimate of drug-likeness (QED) is 0.185. The number of para-hydroxylation sites is 4. The first-order valence-electron chi connectivity index (χ1n) is 17.0. The third-order valence-electron chi connectivity index (χ3n) is 9.47. The number of ether oxygens (including phenoxy) is 1. The first-order valence-corrected chi connectivity index (χ1v) is 17.0. The van der Waals surface area contributed by atoms with E-state index in [1.165, 1.54) is 0 Å². The average molecular weight is 656 g/mol. The standard InChI is InChI=1S/C46H29N3O2/c1-3-13-30(14-4-1)37-29-38(31-15-5-2-6-16-31)48-46(47-37)33-25-26-36-44(28-33)51-43-24-12-19-35(45(36)43)32-17-11-18-34(27-32)49-39-20-7-9-22-41(39)50-42-23-10-8-21-40(42)49/h1-29H. The van der Waals surface area contributed by atoms with Crippen molar-refractivity contribution >= 4 is 39.0 Å². The summed E-state index contributed by atoms with van der Waals surface area (Å²) in [5, 5.41) is 2.11. The predicted octanol–water partition coefficient (Wildman–Crippen LogP) is 12.6. The van der Waals surface area contributed by atoms with Crippen molar-refractivity contribution in [3.63, 3.8) is 0 Å². The minimum atomic E-state index is 0.650. The summed E-state index contributed by atoms with van der Waals surface area (Å²) >= 11 is 0. The van der Waals surface area contributed by atoms with Crippen LogP contribution in [0.2, 0.25) is 0 Å². The molecule has 51 heavy (non-hydrogen) atoms. The smallest absolute Gasteiger partial charge is 0.160 e. The summed E-state index contributed by atoms with van der Waals surface area (Å²) in [5.74, 6) is 2.31. The Morgan fingerprint density at radius 2 is 1.04 bits per heavy atom. The van der Waals surface area contributed by atoms with E-state index in [0.717, 1.165) is 89.7 Å². The van der Waals surface area contributed by atoms with Gasteiger partial charge in [0.2, 0.25) is 0 Å². The summed E-state index contributed by atoms with van der Waals surface area (Å²) in [7, 11) is 0. The Kier molecular flexibility index (Phi) is 6.74. The van der Waals surface area contributed by atoms with E-state index in [-0.39, 0.29) is 0 Å². The normalized spacial score (nSPS) is 12.0. The molecule has 0 bridgehead atoms. The molecule has 7 aromatic carbocycles. The average Bonchev–Trinajstić information content (AvgIpc) is 3.59. The summed E-state index contributed by atoms with van der Waals surface area (Å²) in [4.78, 5) is 12.4. The fraction of sp³-hybridized carbons (Fsp3) is 0. The molecule has 0 atom stereocenters. The van der Waals surface area contributed by atoms with Gasteiger partial charge in [-0.15, -0.1) is 0 Å². The van der Waals surface area contributed by atoms with Crippen LogP contribution in [0.25, 0.3) is 67.0 Å². The highest BCUT2D eigenvalue weighted by Crippen LogP contribution is 2.50. The zero-order valence-corrected chi connectivity index (χ0v) is 27.4. The van der Waals surface area contributed by atoms with Crippen LogP contribution < -0.4 is 9.64 Å². The van der Waals surface area contributed by atoms with Crippen molar-refractivity contribution in [3.8, 4) is 56.5 Å². The maximum atomic E-state index is 6.56. The van der Waals surface area contributed by atoms with Gasteiger partial charge >= 0.3 is 0 Å². The molecular weight excluding hydrogens is 627 g/mol. The lowest BCUT2D eigenvalue weighted by atomic mass is 9.98. The molecule has 2 aromatic heterocycles. The van der Waals surface area contributed by atoms with Gasteiger partial charge in [-0.25, -0.2) is 9.97 Å². The van der Waals surface area contributed by atoms with E-state index in [1.807, 2.05) is 78.9 Å². The number of hydrogen-bond acceptors (Lipinski definition) is 5. The van der Waals surface area contributed by atoms with Crippen molar-refractivity contribution in [2.24, 2.45) is 0 Å². The van der Waals surface area contributed by atoms with Gasteiger partial charge in [0.25, 0.3) is 0 Å². The van der Waals surface area contributed by atoms with Crippen LogP contribution in [0.1, 0.15) is 0 Å². The van der Waals surface area contributed by atoms with E-state index in [0.29, 0.717) is 5.82 Å². The fourth-order valence-corrected chi connectivity index (χ4v) is 7.09. The molecule has 0 aliphatic carbocycles. The maximum absolute atomic E-state index is 6.56. The van der Waals surface area contributed by atoms with E-state index >= 15 is 0 Å². The van der Waals surface area contributed by atoms with Crippen molar-refractivity contribution in [1.29, 1.82) is 0 Å². The van der Waals surface area contributed by atoms with Gasteiger partial charge in [0.1, 0.15) is 11.2 Å². The van der Waals surface area contributed by atoms with Crippen molar-refractivity contribution in [2.45, 2.75) is 0 Å². The van der Waals surface area contributed by atoms with Crippen LogP contribution >= 0.6 is 0 Å². The summed E-state index contributed by atoms with van der Waals surface area (Å²) in [6.07, 6.45) is 0. The number of fused-ring (bicyclic) bond motifs is 5. The monoisotopic (exact) mass is 655 g/mol. The Hall–Kier alpha value is -6.98. The zero-order chi connectivity index (χ0) is 33.7. The van der Waals surface area contributed by atoms with Crippen LogP contribution in [-0.2, 0) is 0 Å². The largest absolute Gasteiger partial charge is 0.456 e. The Bertz CT molecular complexity index is 2630. The first kappa shape index (κ1) is 29.0. The first-order chi connectivity index (χ1) is 25.3. The van der Waals surface area contributed by atoms with Crippen LogP contribution in [0.3, 0.4) is 0 Å². The minimum absolute atomic E-state index is 0.650. The van der Waals surface area contributed by atoms with Crippen molar-refractivity contribution in [3.05, 3.63) is 176 Å². The number of benzene rings is 7. The molecule has 0 saturated carbocycles. The van der Waals surface area contributed by atoms with Gasteiger partial charge in [0, 0.05) is 33.2 Å². The molecule has 10 rings (SSSR count). The van der Waals surface area contributed by atoms with E-state index in [2.05, 4.69) is 102 Å². The number of nitrogens with zero attached hydrogens (tertiary/aromatic N) is 3. The SMILES string of the molecule is c1ccc(-c2cc(-c3ccccc3)nc(-c3ccc4c(c3)oc3cccc(-c5cccc(N6c7ccccc7Oc7ccccc76)c5)c34)n2)cc1. The predicted molar refractivity (Wildman–Crippen MR) is 206 cm³/mol. The maximum Gasteiger partial charge on any atom is 0.160 e. The molecule has 0 N–H and O–H groups in total. The lowest BCUT2D eigenvalue weighted by Gasteiger charge is -2.33. The van der Waals surface area contributed by atoms with E-state index < -0.39 is 0 Å². The Morgan fingerprint density at radius 1 is 0.431 bits per heavy atom. The highest BCUT2D eigenvalue weighted by atomic mass is 16.5. The molecule has 0 radical (unpaired) electrons. The van der Waals surface area contributed by atoms with Crippen molar-refractivity contribution < 1.29 is 9.15 Å². The van der Waals surface area contributed by atoms with Crippen LogP contribution in [0, 0.1) is 0 Å². The molecule has 5 heteroatoms. The lowest BCUT2D eigenvalue weighted by molar-refractivity contribution is 0.477. The van der Waals surface area contributed by atoms with Gasteiger partial charge in [-0.1, -0.05) is 115 Å². The van der Waals surface area contributed by atoms with Gasteiger partial charge in [0.05, 0.1) is 22.8 Å². The summed E-state index contributed by atoms with van der Waals surface area (Å²) in [5.41, 5.74) is 11.6. The molecule has 240 valence electrons. The second kappa shape index (κ2) is 11.9. The highest BCUT2D eigenvalue weighted by Gasteiger charge is 2.26. The molecule has 1 aliphatic heterocycles. The lowest BCUT2D eigenvalue weighted by Crippen LogP contribution is -2.15. The van der Waals surface area contributed by atoms with Gasteiger partial charge < -0.3 is 14.1 Å². The molecule has 1 aliphatic rings. The molecule has 9 aromatic rings. The summed E-state index contributed by atoms with van der Waals surface area (Å²) in [6.45, 7) is 0. The topological polar surface area (TPSA) is 51.4 Å². The molecule has 0 unspecified atom stereocenters. The van der Waals surface area contributed by atoms with E-state index in [4.69, 9.17) is 19.1 Å². The van der Waals surface area contributed by atoms with Crippen LogP contribution in [0.4, 0.5) is 17.1 Å². The fourth-order valence-electron chi connectivity index (χ4n) is 7.09. The molecule has 5 nitrogen and oxygen atoms in total. The van der Waals surface area contributed by atoms with Gasteiger partial charge in [0.15, 0.2) is 17.3 Å². The summed E-state index contributed by atoms with van der Waals surface area (Å²) < 4.78 is 12.8. The van der Waals surface area contributed by atoms with Crippen LogP contribution in [0.15, 0.2) is 180 Å². The number of rotatable bonds is 5. The second-order valence-corrected chi connectivity index (χ2v) is 12.6. The molecule has 0 amide bonds. The highest BCUT2D eigenvalue weighted by molar-refractivity contribution is 6.13. The van der Waals surface area contributed by atoms with Crippen LogP contribution in [-0.4, -0.2) is 9.97 Å². The Morgan fingerprint density at radius 3 is 1.73 bits per heavy atom. The molecular formula is C46H29N3O2. The van der Waals surface area contributed by atoms with E-state index in [9.17, 15) is 0 Å². The van der Waals surface area contributed by atoms with Gasteiger partial charge in [-0.3, -0.25) is 0 Å². The molecule has 0 spiro atoms. The number of aromatic nitrogens is 2. The molecule has 0 fully saturated rings. The third kappa shape index (κ3) is 5.03. The zero-order valence-electron chi connectivity index (χ0n) is 27.4. The summed E-state index contributed by atoms with van der Waals surface area (Å²) in [6, 6.07) is 60.1. The molecule has 3 heterocycles. The second-order valence-electron chi connectivity index (χ2n) is 12.6. The van der Waals surface area contributed by atoms with Crippen molar-refractivity contribution in [1.82, 2.24) is 9.97 Å². The third-order valence-corrected chi connectivity index (χ3v) is 9.47.